The maximum Gasteiger partial charge on any atom is 0.329 e. The summed E-state index contributed by atoms with van der Waals surface area (Å²) in [5.41, 5.74) is 2.57. The number of piperidine rings is 2. The van der Waals surface area contributed by atoms with E-state index in [-0.39, 0.29) is 31.9 Å². The molecule has 2 aromatic carbocycles. The Kier molecular flexibility index (Phi) is 15.5. The molecular weight excluding hydrogens is 712 g/mol. The Bertz CT molecular complexity index is 1550. The molecule has 2 aliphatic heterocycles. The molecular formula is C34H49ClN2O11S2. The first-order valence-corrected chi connectivity index (χ1v) is 19.7. The highest BCUT2D eigenvalue weighted by Crippen LogP contribution is 2.33. The normalized spacial score (nSPS) is 18.9. The van der Waals surface area contributed by atoms with Crippen LogP contribution >= 0.6 is 11.6 Å². The second-order valence-electron chi connectivity index (χ2n) is 12.5. The smallest absolute Gasteiger partial charge is 0.329 e. The Labute approximate surface area is 300 Å². The number of carboxylic acids is 1. The summed E-state index contributed by atoms with van der Waals surface area (Å²) < 4.78 is 76.9. The van der Waals surface area contributed by atoms with Gasteiger partial charge in [-0.2, -0.15) is 8.61 Å². The number of hydrogen-bond donors (Lipinski definition) is 1. The van der Waals surface area contributed by atoms with Crippen LogP contribution in [0.5, 0.6) is 11.5 Å². The van der Waals surface area contributed by atoms with Crippen molar-refractivity contribution < 1.29 is 50.5 Å². The molecule has 2 aromatic rings. The van der Waals surface area contributed by atoms with Gasteiger partial charge in [0.1, 0.15) is 24.7 Å². The number of aryl methyl sites for hydroxylation is 4. The summed E-state index contributed by atoms with van der Waals surface area (Å²) in [7, 11) is -4.27. The lowest BCUT2D eigenvalue weighted by Gasteiger charge is -2.35. The minimum Gasteiger partial charge on any atom is -0.497 e. The SMILES string of the molecule is COc1cc(C)c(S(=O)(=O)N2CCCCC2COCC(=O)Cl)c(C)c1.COc1cc(C)c(S(=O)(=O)N2CCCCC2COCC(=O)O)c(C)c1. The van der Waals surface area contributed by atoms with Crippen molar-refractivity contribution in [2.45, 2.75) is 88.1 Å². The molecule has 0 amide bonds. The molecule has 0 saturated carbocycles. The number of rotatable bonds is 14. The molecule has 50 heavy (non-hydrogen) atoms. The number of ether oxygens (including phenoxy) is 4. The molecule has 0 radical (unpaired) electrons. The molecule has 280 valence electrons. The van der Waals surface area contributed by atoms with Crippen LogP contribution in [0.3, 0.4) is 0 Å². The van der Waals surface area contributed by atoms with Crippen molar-refractivity contribution in [3.8, 4) is 11.5 Å². The van der Waals surface area contributed by atoms with Crippen LogP contribution in [0.15, 0.2) is 34.1 Å². The number of aliphatic carboxylic acids is 1. The zero-order valence-corrected chi connectivity index (χ0v) is 32.0. The van der Waals surface area contributed by atoms with Crippen molar-refractivity contribution in [1.82, 2.24) is 8.61 Å². The molecule has 16 heteroatoms. The molecule has 2 atom stereocenters. The number of methoxy groups -OCH3 is 2. The molecule has 2 saturated heterocycles. The van der Waals surface area contributed by atoms with Crippen LogP contribution in [0.2, 0.25) is 0 Å². The Morgan fingerprint density at radius 3 is 1.38 bits per heavy atom. The third kappa shape index (κ3) is 10.6. The molecule has 4 rings (SSSR count). The largest absolute Gasteiger partial charge is 0.497 e. The third-order valence-electron chi connectivity index (χ3n) is 8.68. The van der Waals surface area contributed by atoms with E-state index in [0.29, 0.717) is 69.5 Å². The Hall–Kier alpha value is -2.79. The topological polar surface area (TPSA) is 166 Å². The van der Waals surface area contributed by atoms with Crippen LogP contribution in [0.4, 0.5) is 0 Å². The molecule has 0 spiro atoms. The molecule has 0 bridgehead atoms. The van der Waals surface area contributed by atoms with Gasteiger partial charge in [-0.15, -0.1) is 0 Å². The molecule has 13 nitrogen and oxygen atoms in total. The highest BCUT2D eigenvalue weighted by Gasteiger charge is 2.37. The number of carbonyl (C=O) groups is 2. The third-order valence-corrected chi connectivity index (χ3v) is 13.3. The molecule has 2 fully saturated rings. The maximum absolute atomic E-state index is 13.3. The first-order valence-electron chi connectivity index (χ1n) is 16.4. The number of carboxylic acid groups (broad SMARTS) is 1. The van der Waals surface area contributed by atoms with E-state index in [9.17, 15) is 26.4 Å². The number of hydrogen-bond acceptors (Lipinski definition) is 10. The van der Waals surface area contributed by atoms with Crippen molar-refractivity contribution in [1.29, 1.82) is 0 Å². The predicted molar refractivity (Wildman–Crippen MR) is 188 cm³/mol. The average molecular weight is 761 g/mol. The lowest BCUT2D eigenvalue weighted by molar-refractivity contribution is -0.142. The number of benzene rings is 2. The van der Waals surface area contributed by atoms with Crippen LogP contribution < -0.4 is 9.47 Å². The van der Waals surface area contributed by atoms with Gasteiger partial charge in [-0.3, -0.25) is 4.79 Å². The Morgan fingerprint density at radius 1 is 0.700 bits per heavy atom. The Morgan fingerprint density at radius 2 is 1.06 bits per heavy atom. The lowest BCUT2D eigenvalue weighted by atomic mass is 10.1. The van der Waals surface area contributed by atoms with Gasteiger partial charge in [-0.25, -0.2) is 21.6 Å². The zero-order valence-electron chi connectivity index (χ0n) is 29.6. The average Bonchev–Trinajstić information content (AvgIpc) is 3.04. The van der Waals surface area contributed by atoms with E-state index in [4.69, 9.17) is 35.7 Å². The van der Waals surface area contributed by atoms with E-state index in [0.717, 1.165) is 25.7 Å². The summed E-state index contributed by atoms with van der Waals surface area (Å²) in [4.78, 5) is 22.1. The van der Waals surface area contributed by atoms with Gasteiger partial charge in [0.25, 0.3) is 0 Å². The first kappa shape index (κ1) is 41.6. The van der Waals surface area contributed by atoms with Gasteiger partial charge in [-0.05, 0) is 111 Å². The predicted octanol–water partition coefficient (Wildman–Crippen LogP) is 4.59. The minimum absolute atomic E-state index is 0.0831. The van der Waals surface area contributed by atoms with Gasteiger partial charge in [0.2, 0.25) is 25.3 Å². The highest BCUT2D eigenvalue weighted by atomic mass is 35.5. The van der Waals surface area contributed by atoms with Crippen LogP contribution in [-0.4, -0.2) is 108 Å². The second-order valence-corrected chi connectivity index (χ2v) is 16.6. The van der Waals surface area contributed by atoms with Crippen molar-refractivity contribution in [2.75, 3.05) is 53.7 Å². The van der Waals surface area contributed by atoms with Crippen LogP contribution in [0.25, 0.3) is 0 Å². The fourth-order valence-corrected chi connectivity index (χ4v) is 10.8. The molecule has 2 aliphatic rings. The number of nitrogens with zero attached hydrogens (tertiary/aromatic N) is 2. The van der Waals surface area contributed by atoms with Gasteiger partial charge >= 0.3 is 5.97 Å². The van der Waals surface area contributed by atoms with Crippen molar-refractivity contribution in [2.24, 2.45) is 0 Å². The first-order chi connectivity index (χ1) is 23.5. The van der Waals surface area contributed by atoms with Gasteiger partial charge < -0.3 is 24.1 Å². The van der Waals surface area contributed by atoms with E-state index >= 15 is 0 Å². The zero-order chi connectivity index (χ0) is 37.2. The molecule has 2 unspecified atom stereocenters. The standard InChI is InChI=1S/C17H24ClNO5S.C17H25NO6S/c1-12-8-15(23-3)9-13(2)17(12)25(21,22)19-7-5-4-6-14(19)10-24-11-16(18)20;1-12-8-15(23-3)9-13(2)17(12)25(21,22)18-7-5-4-6-14(18)10-24-11-16(19)20/h8-9,14H,4-7,10-11H2,1-3H3;8-9,14H,4-7,10-11H2,1-3H3,(H,19,20). The minimum atomic E-state index is -3.70. The molecule has 1 N–H and O–H groups in total. The van der Waals surface area contributed by atoms with E-state index < -0.39 is 37.9 Å². The van der Waals surface area contributed by atoms with E-state index in [2.05, 4.69) is 0 Å². The van der Waals surface area contributed by atoms with Crippen LogP contribution in [0, 0.1) is 27.7 Å². The quantitative estimate of drug-likeness (QED) is 0.268. The maximum atomic E-state index is 13.3. The van der Waals surface area contributed by atoms with Gasteiger partial charge in [0.05, 0.1) is 37.2 Å². The van der Waals surface area contributed by atoms with E-state index in [1.807, 2.05) is 0 Å². The van der Waals surface area contributed by atoms with Gasteiger partial charge in [0, 0.05) is 25.2 Å². The van der Waals surface area contributed by atoms with Crippen molar-refractivity contribution in [3.05, 3.63) is 46.5 Å². The summed E-state index contributed by atoms with van der Waals surface area (Å²) in [6, 6.07) is 6.22. The molecule has 0 aromatic heterocycles. The fourth-order valence-electron chi connectivity index (χ4n) is 6.58. The van der Waals surface area contributed by atoms with Crippen molar-refractivity contribution in [3.63, 3.8) is 0 Å². The summed E-state index contributed by atoms with van der Waals surface area (Å²) in [6.45, 7) is 7.49. The summed E-state index contributed by atoms with van der Waals surface area (Å²) >= 11 is 5.28. The second kappa shape index (κ2) is 18.6. The monoisotopic (exact) mass is 760 g/mol. The van der Waals surface area contributed by atoms with Gasteiger partial charge in [0.15, 0.2) is 0 Å². The number of sulfonamides is 2. The number of halogens is 1. The molecule has 2 heterocycles. The fraction of sp³-hybridized carbons (Fsp3) is 0.588. The highest BCUT2D eigenvalue weighted by molar-refractivity contribution is 7.89. The van der Waals surface area contributed by atoms with Gasteiger partial charge in [-0.1, -0.05) is 12.8 Å². The van der Waals surface area contributed by atoms with Crippen LogP contribution in [-0.2, 0) is 39.1 Å². The Balaban J connectivity index is 0.000000270. The summed E-state index contributed by atoms with van der Waals surface area (Å²) in [5.74, 6) is 0.189. The van der Waals surface area contributed by atoms with E-state index in [1.54, 1.807) is 66.2 Å². The number of carbonyl (C=O) groups excluding carboxylic acids is 1. The molecule has 0 aliphatic carbocycles. The lowest BCUT2D eigenvalue weighted by Crippen LogP contribution is -2.46. The summed E-state index contributed by atoms with van der Waals surface area (Å²) in [5, 5.41) is 8.11. The van der Waals surface area contributed by atoms with Crippen LogP contribution in [0.1, 0.15) is 60.8 Å². The van der Waals surface area contributed by atoms with Crippen molar-refractivity contribution >= 4 is 42.9 Å². The summed E-state index contributed by atoms with van der Waals surface area (Å²) in [6.07, 6.45) is 4.77. The van der Waals surface area contributed by atoms with E-state index in [1.165, 1.54) is 8.61 Å².